The smallest absolute Gasteiger partial charge is 0.250 e. The molecule has 0 bridgehead atoms. The molecule has 8 heteroatoms. The lowest BCUT2D eigenvalue weighted by Crippen LogP contribution is -2.53. The van der Waals surface area contributed by atoms with Gasteiger partial charge in [0.25, 0.3) is 0 Å². The lowest BCUT2D eigenvalue weighted by atomic mass is 9.75. The van der Waals surface area contributed by atoms with Gasteiger partial charge in [-0.1, -0.05) is 42.0 Å². The van der Waals surface area contributed by atoms with Crippen molar-refractivity contribution < 1.29 is 19.1 Å². The first-order valence-electron chi connectivity index (χ1n) is 13.1. The lowest BCUT2D eigenvalue weighted by Gasteiger charge is -2.30. The third kappa shape index (κ3) is 3.18. The number of amides is 3. The molecule has 0 unspecified atom stereocenters. The van der Waals surface area contributed by atoms with E-state index in [9.17, 15) is 14.4 Å². The van der Waals surface area contributed by atoms with Gasteiger partial charge in [0.05, 0.1) is 24.6 Å². The first-order valence-corrected chi connectivity index (χ1v) is 13.1. The molecule has 4 atom stereocenters. The van der Waals surface area contributed by atoms with Crippen LogP contribution in [0.15, 0.2) is 66.9 Å². The van der Waals surface area contributed by atoms with Gasteiger partial charge in [0.1, 0.15) is 11.3 Å². The summed E-state index contributed by atoms with van der Waals surface area (Å²) in [7, 11) is 1.54. The molecule has 196 valence electrons. The summed E-state index contributed by atoms with van der Waals surface area (Å²) in [5.41, 5.74) is 4.47. The Morgan fingerprint density at radius 3 is 2.62 bits per heavy atom. The van der Waals surface area contributed by atoms with E-state index in [1.54, 1.807) is 31.4 Å². The highest BCUT2D eigenvalue weighted by molar-refractivity contribution is 6.26. The number of anilines is 2. The zero-order valence-electron chi connectivity index (χ0n) is 21.9. The molecule has 4 aromatic rings. The van der Waals surface area contributed by atoms with Gasteiger partial charge < -0.3 is 15.0 Å². The number of aromatic amines is 1. The number of fused-ring (bicyclic) bond motifs is 5. The first-order chi connectivity index (χ1) is 18.8. The maximum atomic E-state index is 14.3. The number of ether oxygens (including phenoxy) is 1. The number of nitrogens with one attached hydrogen (secondary N) is 3. The molecule has 0 saturated carbocycles. The topological polar surface area (TPSA) is 104 Å². The Hall–Kier alpha value is -4.43. The van der Waals surface area contributed by atoms with Gasteiger partial charge in [-0.3, -0.25) is 19.7 Å². The van der Waals surface area contributed by atoms with Crippen LogP contribution in [-0.4, -0.2) is 35.9 Å². The number of benzene rings is 3. The van der Waals surface area contributed by atoms with Crippen molar-refractivity contribution in [2.75, 3.05) is 17.3 Å². The monoisotopic (exact) mass is 520 g/mol. The normalized spacial score (nSPS) is 25.5. The lowest BCUT2D eigenvalue weighted by molar-refractivity contribution is -0.130. The van der Waals surface area contributed by atoms with Crippen LogP contribution in [0.2, 0.25) is 0 Å². The zero-order chi connectivity index (χ0) is 27.1. The molecule has 3 amide bonds. The number of imide groups is 1. The van der Waals surface area contributed by atoms with E-state index in [1.165, 1.54) is 4.90 Å². The fourth-order valence-corrected chi connectivity index (χ4v) is 6.97. The number of nitrogens with zero attached hydrogens (tertiary/aromatic N) is 1. The average Bonchev–Trinajstić information content (AvgIpc) is 3.64. The van der Waals surface area contributed by atoms with Crippen molar-refractivity contribution in [1.29, 1.82) is 0 Å². The van der Waals surface area contributed by atoms with Gasteiger partial charge in [0.2, 0.25) is 17.7 Å². The Kier molecular flexibility index (Phi) is 5.03. The summed E-state index contributed by atoms with van der Waals surface area (Å²) in [6, 6.07) is 18.5. The minimum absolute atomic E-state index is 0.295. The number of H-pyrrole nitrogens is 1. The summed E-state index contributed by atoms with van der Waals surface area (Å²) in [5.74, 6) is -2.06. The van der Waals surface area contributed by atoms with E-state index in [0.717, 1.165) is 33.2 Å². The van der Waals surface area contributed by atoms with Crippen molar-refractivity contribution in [1.82, 2.24) is 10.3 Å². The van der Waals surface area contributed by atoms with Crippen molar-refractivity contribution in [2.45, 2.75) is 31.8 Å². The summed E-state index contributed by atoms with van der Waals surface area (Å²) in [6.07, 6.45) is 2.43. The van der Waals surface area contributed by atoms with Crippen molar-refractivity contribution in [3.8, 4) is 5.75 Å². The summed E-state index contributed by atoms with van der Waals surface area (Å²) in [4.78, 5) is 46.9. The summed E-state index contributed by atoms with van der Waals surface area (Å²) in [5, 5.41) is 7.67. The zero-order valence-corrected chi connectivity index (χ0v) is 21.9. The number of hydrogen-bond donors (Lipinski definition) is 3. The molecule has 39 heavy (non-hydrogen) atoms. The van der Waals surface area contributed by atoms with E-state index in [4.69, 9.17) is 4.74 Å². The maximum absolute atomic E-state index is 14.3. The molecule has 0 aliphatic carbocycles. The van der Waals surface area contributed by atoms with Crippen molar-refractivity contribution in [3.63, 3.8) is 0 Å². The minimum Gasteiger partial charge on any atom is -0.497 e. The average molecular weight is 521 g/mol. The SMILES string of the molecule is COc1cccc(N2C(=O)[C@H]3[C@@H](C2=O)[C@]2(N[C@@H]3Cc3c[nH]c4ccccc34)C(=O)Nc3c(C)cc(C)cc32)c1. The van der Waals surface area contributed by atoms with E-state index < -0.39 is 23.4 Å². The Labute approximate surface area is 225 Å². The highest BCUT2D eigenvalue weighted by atomic mass is 16.5. The van der Waals surface area contributed by atoms with Gasteiger partial charge in [-0.25, -0.2) is 4.90 Å². The molecule has 7 rings (SSSR count). The number of carbonyl (C=O) groups is 3. The molecule has 2 saturated heterocycles. The number of hydrogen-bond acceptors (Lipinski definition) is 5. The van der Waals surface area contributed by atoms with Crippen LogP contribution in [0.1, 0.15) is 22.3 Å². The molecule has 3 aliphatic heterocycles. The Bertz CT molecular complexity index is 1710. The molecule has 8 nitrogen and oxygen atoms in total. The van der Waals surface area contributed by atoms with Crippen molar-refractivity contribution >= 4 is 40.0 Å². The van der Waals surface area contributed by atoms with Crippen molar-refractivity contribution in [2.24, 2.45) is 11.8 Å². The van der Waals surface area contributed by atoms with E-state index >= 15 is 0 Å². The fraction of sp³-hybridized carbons (Fsp3) is 0.258. The number of carbonyl (C=O) groups excluding carboxylic acids is 3. The molecule has 1 spiro atoms. The molecule has 3 aliphatic rings. The fourth-order valence-electron chi connectivity index (χ4n) is 6.97. The van der Waals surface area contributed by atoms with Crippen LogP contribution in [0.4, 0.5) is 11.4 Å². The molecule has 4 heterocycles. The highest BCUT2D eigenvalue weighted by Crippen LogP contribution is 2.54. The van der Waals surface area contributed by atoms with Crippen LogP contribution in [0.25, 0.3) is 10.9 Å². The second-order valence-corrected chi connectivity index (χ2v) is 10.8. The van der Waals surface area contributed by atoms with E-state index in [0.29, 0.717) is 23.5 Å². The van der Waals surface area contributed by atoms with Crippen LogP contribution in [-0.2, 0) is 26.3 Å². The second-order valence-electron chi connectivity index (χ2n) is 10.8. The highest BCUT2D eigenvalue weighted by Gasteiger charge is 2.70. The third-order valence-electron chi connectivity index (χ3n) is 8.59. The first kappa shape index (κ1) is 23.7. The van der Waals surface area contributed by atoms with Gasteiger partial charge in [-0.05, 0) is 49.6 Å². The summed E-state index contributed by atoms with van der Waals surface area (Å²) >= 11 is 0. The van der Waals surface area contributed by atoms with E-state index in [-0.39, 0.29) is 17.7 Å². The summed E-state index contributed by atoms with van der Waals surface area (Å²) in [6.45, 7) is 3.93. The standard InChI is InChI=1S/C31H28N4O4/c1-16-11-17(2)27-22(12-16)31(30(38)33-27)26-25(24(34-31)13-18-15-32-23-10-5-4-9-21(18)23)28(36)35(29(26)37)19-7-6-8-20(14-19)39-3/h4-12,14-15,24-26,32,34H,13H2,1-3H3,(H,33,38)/t24-,25-,26+,31+/m1/s1. The molecule has 0 radical (unpaired) electrons. The van der Waals surface area contributed by atoms with Crippen LogP contribution in [0.5, 0.6) is 5.75 Å². The van der Waals surface area contributed by atoms with Gasteiger partial charge in [0.15, 0.2) is 0 Å². The number of methoxy groups -OCH3 is 1. The van der Waals surface area contributed by atoms with Crippen molar-refractivity contribution in [3.05, 3.63) is 89.1 Å². The quantitative estimate of drug-likeness (QED) is 0.354. The van der Waals surface area contributed by atoms with Crippen LogP contribution in [0.3, 0.4) is 0 Å². The van der Waals surface area contributed by atoms with Crippen LogP contribution >= 0.6 is 0 Å². The number of para-hydroxylation sites is 1. The molecule has 1 aromatic heterocycles. The number of aromatic nitrogens is 1. The molecular formula is C31H28N4O4. The van der Waals surface area contributed by atoms with Gasteiger partial charge in [-0.2, -0.15) is 0 Å². The summed E-state index contributed by atoms with van der Waals surface area (Å²) < 4.78 is 5.37. The van der Waals surface area contributed by atoms with Gasteiger partial charge >= 0.3 is 0 Å². The maximum Gasteiger partial charge on any atom is 0.250 e. The Morgan fingerprint density at radius 2 is 1.79 bits per heavy atom. The largest absolute Gasteiger partial charge is 0.497 e. The minimum atomic E-state index is -1.35. The Morgan fingerprint density at radius 1 is 0.974 bits per heavy atom. The van der Waals surface area contributed by atoms with Crippen LogP contribution < -0.4 is 20.3 Å². The third-order valence-corrected chi connectivity index (χ3v) is 8.59. The van der Waals surface area contributed by atoms with Gasteiger partial charge in [0, 0.05) is 40.5 Å². The van der Waals surface area contributed by atoms with Gasteiger partial charge in [-0.15, -0.1) is 0 Å². The Balaban J connectivity index is 1.40. The van der Waals surface area contributed by atoms with Crippen LogP contribution in [0, 0.1) is 25.7 Å². The molecule has 3 N–H and O–H groups in total. The molecule has 3 aromatic carbocycles. The number of rotatable bonds is 4. The molecular weight excluding hydrogens is 492 g/mol. The number of aryl methyl sites for hydroxylation is 2. The molecule has 2 fully saturated rings. The second kappa shape index (κ2) is 8.28. The van der Waals surface area contributed by atoms with E-state index in [2.05, 4.69) is 15.6 Å². The van der Waals surface area contributed by atoms with E-state index in [1.807, 2.05) is 56.4 Å². The predicted octanol–water partition coefficient (Wildman–Crippen LogP) is 3.96. The predicted molar refractivity (Wildman–Crippen MR) is 148 cm³/mol.